The van der Waals surface area contributed by atoms with Crippen molar-refractivity contribution in [1.82, 2.24) is 15.5 Å². The van der Waals surface area contributed by atoms with Gasteiger partial charge in [-0.2, -0.15) is 0 Å². The van der Waals surface area contributed by atoms with Crippen molar-refractivity contribution in [2.75, 3.05) is 12.4 Å². The van der Waals surface area contributed by atoms with Gasteiger partial charge in [0.05, 0.1) is 6.10 Å². The van der Waals surface area contributed by atoms with Gasteiger partial charge in [-0.1, -0.05) is 30.3 Å². The Balaban J connectivity index is 1.86. The van der Waals surface area contributed by atoms with Gasteiger partial charge in [0.1, 0.15) is 11.6 Å². The van der Waals surface area contributed by atoms with E-state index in [1.807, 2.05) is 32.0 Å². The van der Waals surface area contributed by atoms with Crippen molar-refractivity contribution >= 4 is 22.5 Å². The number of benzene rings is 2. The van der Waals surface area contributed by atoms with Crippen molar-refractivity contribution in [1.29, 1.82) is 0 Å². The average Bonchev–Trinajstić information content (AvgIpc) is 2.66. The van der Waals surface area contributed by atoms with Gasteiger partial charge in [0.15, 0.2) is 5.69 Å². The molecule has 0 spiro atoms. The summed E-state index contributed by atoms with van der Waals surface area (Å²) in [4.78, 5) is 11.5. The number of aromatic nitrogens is 2. The molecule has 0 unspecified atom stereocenters. The van der Waals surface area contributed by atoms with Crippen molar-refractivity contribution in [3.8, 4) is 5.75 Å². The number of ether oxygens (including phenoxy) is 1. The predicted octanol–water partition coefficient (Wildman–Crippen LogP) is 3.39. The SMILES string of the molecule is CNC(=O)c1ccc(NCc2c(OC(C)C)ccc3ccccc23)nn1. The molecule has 2 aromatic carbocycles. The van der Waals surface area contributed by atoms with Crippen LogP contribution in [0.1, 0.15) is 29.9 Å². The molecule has 0 fully saturated rings. The molecular formula is C20H22N4O2. The van der Waals surface area contributed by atoms with Crippen LogP contribution in [0.5, 0.6) is 5.75 Å². The minimum absolute atomic E-state index is 0.0848. The Kier molecular flexibility index (Phi) is 5.31. The number of hydrogen-bond donors (Lipinski definition) is 2. The van der Waals surface area contributed by atoms with E-state index in [0.29, 0.717) is 12.4 Å². The third-order valence-electron chi connectivity index (χ3n) is 3.93. The molecule has 0 atom stereocenters. The molecule has 1 heterocycles. The van der Waals surface area contributed by atoms with Gasteiger partial charge in [0.2, 0.25) is 0 Å². The Hall–Kier alpha value is -3.15. The molecular weight excluding hydrogens is 328 g/mol. The Labute approximate surface area is 152 Å². The highest BCUT2D eigenvalue weighted by Gasteiger charge is 2.11. The molecule has 0 radical (unpaired) electrons. The van der Waals surface area contributed by atoms with Crippen LogP contribution in [0.4, 0.5) is 5.82 Å². The third kappa shape index (κ3) is 3.91. The molecule has 26 heavy (non-hydrogen) atoms. The highest BCUT2D eigenvalue weighted by Crippen LogP contribution is 2.29. The van der Waals surface area contributed by atoms with Crippen LogP contribution in [0.3, 0.4) is 0 Å². The van der Waals surface area contributed by atoms with E-state index < -0.39 is 0 Å². The molecule has 6 heteroatoms. The standard InChI is InChI=1S/C20H22N4O2/c1-13(2)26-18-10-8-14-6-4-5-7-15(14)16(18)12-22-19-11-9-17(23-24-19)20(25)21-3/h4-11,13H,12H2,1-3H3,(H,21,25)(H,22,24). The number of nitrogens with zero attached hydrogens (tertiary/aromatic N) is 2. The Morgan fingerprint density at radius 1 is 1.08 bits per heavy atom. The first-order valence-corrected chi connectivity index (χ1v) is 8.55. The predicted molar refractivity (Wildman–Crippen MR) is 102 cm³/mol. The molecule has 3 aromatic rings. The fourth-order valence-corrected chi connectivity index (χ4v) is 2.72. The summed E-state index contributed by atoms with van der Waals surface area (Å²) >= 11 is 0. The highest BCUT2D eigenvalue weighted by molar-refractivity contribution is 5.92. The number of carbonyl (C=O) groups excluding carboxylic acids is 1. The molecule has 2 N–H and O–H groups in total. The number of rotatable bonds is 6. The Morgan fingerprint density at radius 3 is 2.58 bits per heavy atom. The zero-order chi connectivity index (χ0) is 18.5. The summed E-state index contributed by atoms with van der Waals surface area (Å²) < 4.78 is 5.98. The molecule has 0 aliphatic carbocycles. The van der Waals surface area contributed by atoms with Gasteiger partial charge in [-0.25, -0.2) is 0 Å². The molecule has 134 valence electrons. The smallest absolute Gasteiger partial charge is 0.271 e. The van der Waals surface area contributed by atoms with Crippen LogP contribution in [0.25, 0.3) is 10.8 Å². The van der Waals surface area contributed by atoms with E-state index >= 15 is 0 Å². The summed E-state index contributed by atoms with van der Waals surface area (Å²) in [6.07, 6.45) is 0.0848. The summed E-state index contributed by atoms with van der Waals surface area (Å²) in [7, 11) is 1.56. The van der Waals surface area contributed by atoms with Gasteiger partial charge in [-0.15, -0.1) is 10.2 Å². The van der Waals surface area contributed by atoms with Crippen LogP contribution in [-0.2, 0) is 6.54 Å². The summed E-state index contributed by atoms with van der Waals surface area (Å²) in [5, 5.41) is 16.1. The van der Waals surface area contributed by atoms with Crippen molar-refractivity contribution in [3.63, 3.8) is 0 Å². The molecule has 6 nitrogen and oxygen atoms in total. The maximum Gasteiger partial charge on any atom is 0.271 e. The number of fused-ring (bicyclic) bond motifs is 1. The maximum absolute atomic E-state index is 11.5. The lowest BCUT2D eigenvalue weighted by Gasteiger charge is -2.17. The first-order valence-electron chi connectivity index (χ1n) is 8.55. The van der Waals surface area contributed by atoms with Gasteiger partial charge in [0.25, 0.3) is 5.91 Å². The maximum atomic E-state index is 11.5. The number of carbonyl (C=O) groups is 1. The minimum atomic E-state index is -0.259. The van der Waals surface area contributed by atoms with Crippen molar-refractivity contribution in [2.45, 2.75) is 26.5 Å². The summed E-state index contributed by atoms with van der Waals surface area (Å²) in [6, 6.07) is 15.6. The van der Waals surface area contributed by atoms with E-state index in [9.17, 15) is 4.79 Å². The van der Waals surface area contributed by atoms with Gasteiger partial charge in [-0.3, -0.25) is 4.79 Å². The van der Waals surface area contributed by atoms with E-state index in [1.165, 1.54) is 0 Å². The Morgan fingerprint density at radius 2 is 1.88 bits per heavy atom. The normalized spacial score (nSPS) is 10.8. The molecule has 0 saturated heterocycles. The molecule has 1 aromatic heterocycles. The number of amides is 1. The van der Waals surface area contributed by atoms with Crippen LogP contribution < -0.4 is 15.4 Å². The lowest BCUT2D eigenvalue weighted by atomic mass is 10.0. The van der Waals surface area contributed by atoms with Gasteiger partial charge in [0, 0.05) is 19.2 Å². The topological polar surface area (TPSA) is 76.1 Å². The third-order valence-corrected chi connectivity index (χ3v) is 3.93. The molecule has 3 rings (SSSR count). The molecule has 0 saturated carbocycles. The molecule has 0 aliphatic heterocycles. The number of anilines is 1. The van der Waals surface area contributed by atoms with E-state index in [-0.39, 0.29) is 17.7 Å². The highest BCUT2D eigenvalue weighted by atomic mass is 16.5. The van der Waals surface area contributed by atoms with Gasteiger partial charge in [-0.05, 0) is 42.8 Å². The second kappa shape index (κ2) is 7.82. The van der Waals surface area contributed by atoms with Crippen LogP contribution in [0, 0.1) is 0 Å². The number of hydrogen-bond acceptors (Lipinski definition) is 5. The Bertz CT molecular complexity index is 907. The minimum Gasteiger partial charge on any atom is -0.491 e. The first-order chi connectivity index (χ1) is 12.6. The zero-order valence-electron chi connectivity index (χ0n) is 15.1. The van der Waals surface area contributed by atoms with Crippen molar-refractivity contribution < 1.29 is 9.53 Å². The molecule has 1 amide bonds. The fourth-order valence-electron chi connectivity index (χ4n) is 2.72. The van der Waals surface area contributed by atoms with Crippen LogP contribution >= 0.6 is 0 Å². The first kappa shape index (κ1) is 17.7. The van der Waals surface area contributed by atoms with E-state index in [2.05, 4.69) is 39.0 Å². The van der Waals surface area contributed by atoms with Crippen LogP contribution in [0.2, 0.25) is 0 Å². The molecule has 0 aliphatic rings. The summed E-state index contributed by atoms with van der Waals surface area (Å²) in [6.45, 7) is 4.56. The number of nitrogens with one attached hydrogen (secondary N) is 2. The monoisotopic (exact) mass is 350 g/mol. The largest absolute Gasteiger partial charge is 0.491 e. The summed E-state index contributed by atoms with van der Waals surface area (Å²) in [5.41, 5.74) is 1.35. The fraction of sp³-hybridized carbons (Fsp3) is 0.250. The average molecular weight is 350 g/mol. The van der Waals surface area contributed by atoms with E-state index in [4.69, 9.17) is 4.74 Å². The zero-order valence-corrected chi connectivity index (χ0v) is 15.1. The van der Waals surface area contributed by atoms with E-state index in [0.717, 1.165) is 22.1 Å². The van der Waals surface area contributed by atoms with E-state index in [1.54, 1.807) is 19.2 Å². The quantitative estimate of drug-likeness (QED) is 0.713. The van der Waals surface area contributed by atoms with Crippen LogP contribution in [-0.4, -0.2) is 29.3 Å². The van der Waals surface area contributed by atoms with Crippen molar-refractivity contribution in [3.05, 3.63) is 59.8 Å². The van der Waals surface area contributed by atoms with Gasteiger partial charge < -0.3 is 15.4 Å². The molecule has 0 bridgehead atoms. The van der Waals surface area contributed by atoms with Crippen molar-refractivity contribution in [2.24, 2.45) is 0 Å². The second-order valence-corrected chi connectivity index (χ2v) is 6.17. The van der Waals surface area contributed by atoms with Crippen LogP contribution in [0.15, 0.2) is 48.5 Å². The van der Waals surface area contributed by atoms with Gasteiger partial charge >= 0.3 is 0 Å². The lowest BCUT2D eigenvalue weighted by molar-refractivity contribution is 0.0957. The second-order valence-electron chi connectivity index (χ2n) is 6.17. The summed E-state index contributed by atoms with van der Waals surface area (Å²) in [5.74, 6) is 1.19. The lowest BCUT2D eigenvalue weighted by Crippen LogP contribution is -2.19.